The van der Waals surface area contributed by atoms with Crippen molar-refractivity contribution in [2.75, 3.05) is 13.2 Å². The van der Waals surface area contributed by atoms with E-state index < -0.39 is 12.4 Å². The second-order valence-corrected chi connectivity index (χ2v) is 8.44. The molecule has 0 aromatic carbocycles. The highest BCUT2D eigenvalue weighted by Gasteiger charge is 2.26. The van der Waals surface area contributed by atoms with Crippen LogP contribution in [0, 0.1) is 17.3 Å². The van der Waals surface area contributed by atoms with Crippen molar-refractivity contribution in [3.05, 3.63) is 0 Å². The van der Waals surface area contributed by atoms with Crippen LogP contribution in [0.4, 0.5) is 4.79 Å². The first-order chi connectivity index (χ1) is 13.7. The molecule has 0 aliphatic rings. The number of hydrogen-bond donors (Lipinski definition) is 2. The van der Waals surface area contributed by atoms with Gasteiger partial charge in [0.05, 0.1) is 13.2 Å². The molecule has 29 heavy (non-hydrogen) atoms. The molecule has 0 aromatic rings. The summed E-state index contributed by atoms with van der Waals surface area (Å²) in [4.78, 5) is 11.6. The van der Waals surface area contributed by atoms with Gasteiger partial charge in [-0.3, -0.25) is 0 Å². The largest absolute Gasteiger partial charge is 0.508 e. The lowest BCUT2D eigenvalue weighted by molar-refractivity contribution is -0.131. The lowest BCUT2D eigenvalue weighted by Crippen LogP contribution is -2.30. The number of unbranched alkanes of at least 4 members (excludes halogenated alkanes) is 2. The molecule has 0 rings (SSSR count). The second kappa shape index (κ2) is 19.2. The van der Waals surface area contributed by atoms with Crippen LogP contribution in [-0.2, 0) is 9.47 Å². The first-order valence-corrected chi connectivity index (χ1v) is 11.9. The summed E-state index contributed by atoms with van der Waals surface area (Å²) < 4.78 is 10.5. The molecule has 0 amide bonds. The first kappa shape index (κ1) is 30.4. The third-order valence-corrected chi connectivity index (χ3v) is 6.20. The Kier molecular flexibility index (Phi) is 20.1. The standard InChI is InChI=1S/C17H34O3.C7H16O2/c1-5-9-11-15(7-3)13-19-17(18)20-14-16(8-4)12-10-6-2;1-4-7(3,5-2)6(8)9/h15-16H,5-14H2,1-4H3;6,8-9H,4-5H2,1-3H3. The average molecular weight is 419 g/mol. The molecule has 5 heteroatoms. The molecule has 176 valence electrons. The molecule has 0 aliphatic heterocycles. The topological polar surface area (TPSA) is 76.0 Å². The zero-order chi connectivity index (χ0) is 22.7. The van der Waals surface area contributed by atoms with E-state index >= 15 is 0 Å². The van der Waals surface area contributed by atoms with Crippen LogP contribution in [-0.4, -0.2) is 35.9 Å². The van der Waals surface area contributed by atoms with E-state index in [4.69, 9.17) is 19.7 Å². The van der Waals surface area contributed by atoms with Gasteiger partial charge in [0.25, 0.3) is 0 Å². The highest BCUT2D eigenvalue weighted by molar-refractivity contribution is 5.59. The van der Waals surface area contributed by atoms with Crippen molar-refractivity contribution in [2.24, 2.45) is 17.3 Å². The summed E-state index contributed by atoms with van der Waals surface area (Å²) in [6.45, 7) is 15.5. The molecule has 0 heterocycles. The minimum absolute atomic E-state index is 0.306. The Labute approximate surface area is 180 Å². The average Bonchev–Trinajstić information content (AvgIpc) is 2.73. The SMILES string of the molecule is CCC(C)(CC)C(O)O.CCCCC(CC)COC(=O)OCC(CC)CCCC. The molecule has 0 radical (unpaired) electrons. The Bertz CT molecular complexity index is 344. The van der Waals surface area contributed by atoms with Gasteiger partial charge in [0.15, 0.2) is 6.29 Å². The molecular formula is C24H50O5. The molecular weight excluding hydrogens is 368 g/mol. The van der Waals surface area contributed by atoms with Crippen LogP contribution in [0.5, 0.6) is 0 Å². The van der Waals surface area contributed by atoms with Crippen molar-refractivity contribution in [2.45, 2.75) is 119 Å². The molecule has 0 aliphatic carbocycles. The van der Waals surface area contributed by atoms with Gasteiger partial charge in [-0.15, -0.1) is 0 Å². The third-order valence-electron chi connectivity index (χ3n) is 6.20. The van der Waals surface area contributed by atoms with E-state index in [1.807, 2.05) is 20.8 Å². The fourth-order valence-electron chi connectivity index (χ4n) is 2.82. The summed E-state index contributed by atoms with van der Waals surface area (Å²) in [6, 6.07) is 0. The summed E-state index contributed by atoms with van der Waals surface area (Å²) in [5, 5.41) is 17.7. The quantitative estimate of drug-likeness (QED) is 0.229. The number of rotatable bonds is 15. The highest BCUT2D eigenvalue weighted by Crippen LogP contribution is 2.27. The maximum atomic E-state index is 11.6. The zero-order valence-electron chi connectivity index (χ0n) is 20.3. The second-order valence-electron chi connectivity index (χ2n) is 8.44. The van der Waals surface area contributed by atoms with E-state index in [0.717, 1.165) is 38.5 Å². The number of hydrogen-bond acceptors (Lipinski definition) is 5. The van der Waals surface area contributed by atoms with Gasteiger partial charge in [0, 0.05) is 5.41 Å². The smallest absolute Gasteiger partial charge is 0.434 e. The molecule has 0 aromatic heterocycles. The minimum Gasteiger partial charge on any atom is -0.434 e. The Hall–Kier alpha value is -0.810. The predicted molar refractivity (Wildman–Crippen MR) is 121 cm³/mol. The summed E-state index contributed by atoms with van der Waals surface area (Å²) in [6.07, 6.45) is 9.11. The Morgan fingerprint density at radius 2 is 1.17 bits per heavy atom. The van der Waals surface area contributed by atoms with Gasteiger partial charge < -0.3 is 19.7 Å². The van der Waals surface area contributed by atoms with Crippen molar-refractivity contribution < 1.29 is 24.5 Å². The van der Waals surface area contributed by atoms with Crippen LogP contribution in [0.2, 0.25) is 0 Å². The maximum Gasteiger partial charge on any atom is 0.508 e. The number of aliphatic hydroxyl groups is 2. The normalized spacial score (nSPS) is 13.4. The lowest BCUT2D eigenvalue weighted by Gasteiger charge is -2.28. The van der Waals surface area contributed by atoms with E-state index in [1.54, 1.807) is 0 Å². The Balaban J connectivity index is 0. The van der Waals surface area contributed by atoms with Gasteiger partial charge in [0.2, 0.25) is 0 Å². The number of ether oxygens (including phenoxy) is 2. The van der Waals surface area contributed by atoms with Crippen molar-refractivity contribution in [3.63, 3.8) is 0 Å². The fraction of sp³-hybridized carbons (Fsp3) is 0.958. The molecule has 2 atom stereocenters. The Morgan fingerprint density at radius 3 is 1.38 bits per heavy atom. The van der Waals surface area contributed by atoms with Crippen molar-refractivity contribution in [1.29, 1.82) is 0 Å². The van der Waals surface area contributed by atoms with Gasteiger partial charge >= 0.3 is 6.16 Å². The van der Waals surface area contributed by atoms with Crippen LogP contribution < -0.4 is 0 Å². The van der Waals surface area contributed by atoms with Gasteiger partial charge in [-0.05, 0) is 37.5 Å². The fourth-order valence-corrected chi connectivity index (χ4v) is 2.82. The van der Waals surface area contributed by atoms with Crippen molar-refractivity contribution in [1.82, 2.24) is 0 Å². The summed E-state index contributed by atoms with van der Waals surface area (Å²) >= 11 is 0. The van der Waals surface area contributed by atoms with Crippen LogP contribution in [0.25, 0.3) is 0 Å². The minimum atomic E-state index is -1.17. The number of carbonyl (C=O) groups excluding carboxylic acids is 1. The summed E-state index contributed by atoms with van der Waals surface area (Å²) in [5.74, 6) is 0.953. The molecule has 5 nitrogen and oxygen atoms in total. The molecule has 0 saturated heterocycles. The molecule has 0 bridgehead atoms. The number of aliphatic hydroxyl groups excluding tert-OH is 1. The predicted octanol–water partition coefficient (Wildman–Crippen LogP) is 6.70. The van der Waals surface area contributed by atoms with Gasteiger partial charge in [0.1, 0.15) is 0 Å². The maximum absolute atomic E-state index is 11.6. The summed E-state index contributed by atoms with van der Waals surface area (Å²) in [7, 11) is 0. The van der Waals surface area contributed by atoms with E-state index in [-0.39, 0.29) is 5.41 Å². The van der Waals surface area contributed by atoms with Crippen LogP contribution in [0.15, 0.2) is 0 Å². The Morgan fingerprint density at radius 1 is 0.793 bits per heavy atom. The number of carbonyl (C=O) groups is 1. The zero-order valence-corrected chi connectivity index (χ0v) is 20.3. The van der Waals surface area contributed by atoms with Crippen LogP contribution in [0.3, 0.4) is 0 Å². The van der Waals surface area contributed by atoms with Crippen molar-refractivity contribution in [3.8, 4) is 0 Å². The van der Waals surface area contributed by atoms with E-state index in [1.165, 1.54) is 25.7 Å². The molecule has 0 saturated carbocycles. The molecule has 0 spiro atoms. The molecule has 2 unspecified atom stereocenters. The molecule has 0 fully saturated rings. The van der Waals surface area contributed by atoms with Crippen molar-refractivity contribution >= 4 is 6.16 Å². The van der Waals surface area contributed by atoms with E-state index in [9.17, 15) is 4.79 Å². The third kappa shape index (κ3) is 15.7. The van der Waals surface area contributed by atoms with Gasteiger partial charge in [-0.25, -0.2) is 4.79 Å². The monoisotopic (exact) mass is 418 g/mol. The lowest BCUT2D eigenvalue weighted by atomic mass is 9.84. The van der Waals surface area contributed by atoms with Gasteiger partial charge in [-0.1, -0.05) is 87.0 Å². The van der Waals surface area contributed by atoms with Crippen LogP contribution in [0.1, 0.15) is 113 Å². The molecule has 2 N–H and O–H groups in total. The van der Waals surface area contributed by atoms with Crippen LogP contribution >= 0.6 is 0 Å². The highest BCUT2D eigenvalue weighted by atomic mass is 16.7. The van der Waals surface area contributed by atoms with E-state index in [2.05, 4.69) is 27.7 Å². The van der Waals surface area contributed by atoms with E-state index in [0.29, 0.717) is 25.0 Å². The summed E-state index contributed by atoms with van der Waals surface area (Å²) in [5.41, 5.74) is -0.306. The van der Waals surface area contributed by atoms with Gasteiger partial charge in [-0.2, -0.15) is 0 Å². The first-order valence-electron chi connectivity index (χ1n) is 11.9.